The summed E-state index contributed by atoms with van der Waals surface area (Å²) in [6.07, 6.45) is 0. The molecule has 7 heteroatoms. The Morgan fingerprint density at radius 2 is 2.12 bits per heavy atom. The Hall–Kier alpha value is -1.63. The van der Waals surface area contributed by atoms with Crippen LogP contribution < -0.4 is 4.74 Å². The zero-order valence-electron chi connectivity index (χ0n) is 9.23. The van der Waals surface area contributed by atoms with Crippen LogP contribution >= 0.6 is 15.9 Å². The van der Waals surface area contributed by atoms with Gasteiger partial charge in [-0.2, -0.15) is 0 Å². The van der Waals surface area contributed by atoms with E-state index in [-0.39, 0.29) is 22.3 Å². The molecule has 0 unspecified atom stereocenters. The summed E-state index contributed by atoms with van der Waals surface area (Å²) in [6, 6.07) is 2.50. The molecule has 0 heterocycles. The van der Waals surface area contributed by atoms with Gasteiger partial charge in [0.25, 0.3) is 5.69 Å². The van der Waals surface area contributed by atoms with Crippen LogP contribution in [0.5, 0.6) is 5.75 Å². The van der Waals surface area contributed by atoms with Crippen LogP contribution in [0.15, 0.2) is 12.1 Å². The maximum absolute atomic E-state index is 11.6. The van der Waals surface area contributed by atoms with Crippen LogP contribution in [0.3, 0.4) is 0 Å². The number of alkyl halides is 1. The number of carbonyl (C=O) groups excluding carboxylic acids is 1. The predicted molar refractivity (Wildman–Crippen MR) is 63.6 cm³/mol. The number of benzene rings is 1. The van der Waals surface area contributed by atoms with Crippen molar-refractivity contribution in [1.29, 1.82) is 0 Å². The van der Waals surface area contributed by atoms with Crippen molar-refractivity contribution in [3.05, 3.63) is 33.4 Å². The predicted octanol–water partition coefficient (Wildman–Crippen LogP) is 2.28. The van der Waals surface area contributed by atoms with Gasteiger partial charge >= 0.3 is 5.97 Å². The molecule has 17 heavy (non-hydrogen) atoms. The zero-order valence-corrected chi connectivity index (χ0v) is 10.8. The Morgan fingerprint density at radius 3 is 2.53 bits per heavy atom. The lowest BCUT2D eigenvalue weighted by Gasteiger charge is -2.10. The van der Waals surface area contributed by atoms with Gasteiger partial charge in [0.2, 0.25) is 0 Å². The lowest BCUT2D eigenvalue weighted by Crippen LogP contribution is -2.08. The summed E-state index contributed by atoms with van der Waals surface area (Å²) in [7, 11) is 2.57. The first-order valence-electron chi connectivity index (χ1n) is 4.54. The lowest BCUT2D eigenvalue weighted by molar-refractivity contribution is -0.385. The summed E-state index contributed by atoms with van der Waals surface area (Å²) in [4.78, 5) is 21.7. The molecule has 92 valence electrons. The van der Waals surface area contributed by atoms with Crippen molar-refractivity contribution in [2.45, 2.75) is 5.33 Å². The van der Waals surface area contributed by atoms with Crippen LogP contribution in [0.25, 0.3) is 0 Å². The Kier molecular flexibility index (Phi) is 4.45. The topological polar surface area (TPSA) is 78.7 Å². The van der Waals surface area contributed by atoms with E-state index in [2.05, 4.69) is 20.7 Å². The third-order valence-corrected chi connectivity index (χ3v) is 2.74. The number of ether oxygens (including phenoxy) is 2. The number of nitro benzene ring substituents is 1. The van der Waals surface area contributed by atoms with Gasteiger partial charge in [0, 0.05) is 11.4 Å². The summed E-state index contributed by atoms with van der Waals surface area (Å²) in [5.74, 6) is -0.466. The largest absolute Gasteiger partial charge is 0.496 e. The maximum atomic E-state index is 11.6. The molecule has 0 fully saturated rings. The fraction of sp³-hybridized carbons (Fsp3) is 0.300. The number of halogens is 1. The van der Waals surface area contributed by atoms with E-state index in [0.29, 0.717) is 5.56 Å². The van der Waals surface area contributed by atoms with Gasteiger partial charge in [-0.05, 0) is 5.56 Å². The Morgan fingerprint density at radius 1 is 1.47 bits per heavy atom. The average Bonchev–Trinajstić information content (AvgIpc) is 2.35. The molecule has 1 aromatic carbocycles. The minimum atomic E-state index is -0.591. The van der Waals surface area contributed by atoms with Crippen LogP contribution in [-0.2, 0) is 10.1 Å². The highest BCUT2D eigenvalue weighted by molar-refractivity contribution is 9.08. The number of rotatable bonds is 4. The van der Waals surface area contributed by atoms with Gasteiger partial charge in [-0.25, -0.2) is 4.79 Å². The first-order valence-corrected chi connectivity index (χ1v) is 5.66. The molecule has 0 aliphatic heterocycles. The van der Waals surface area contributed by atoms with E-state index >= 15 is 0 Å². The molecule has 0 aliphatic rings. The van der Waals surface area contributed by atoms with Crippen molar-refractivity contribution in [3.8, 4) is 5.75 Å². The molecule has 0 radical (unpaired) electrons. The number of esters is 1. The second-order valence-electron chi connectivity index (χ2n) is 3.06. The Balaban J connectivity index is 3.46. The molecule has 0 bridgehead atoms. The third kappa shape index (κ3) is 2.73. The highest BCUT2D eigenvalue weighted by Crippen LogP contribution is 2.30. The van der Waals surface area contributed by atoms with E-state index in [0.717, 1.165) is 0 Å². The van der Waals surface area contributed by atoms with Crippen molar-refractivity contribution in [2.24, 2.45) is 0 Å². The molecule has 0 N–H and O–H groups in total. The molecule has 0 saturated heterocycles. The second kappa shape index (κ2) is 5.62. The lowest BCUT2D eigenvalue weighted by atomic mass is 10.1. The molecule has 0 aliphatic carbocycles. The normalized spacial score (nSPS) is 9.82. The van der Waals surface area contributed by atoms with Crippen LogP contribution in [0.1, 0.15) is 15.9 Å². The number of nitrogens with zero attached hydrogens (tertiary/aromatic N) is 1. The number of non-ortho nitro benzene ring substituents is 1. The van der Waals surface area contributed by atoms with Crippen LogP contribution in [-0.4, -0.2) is 25.1 Å². The SMILES string of the molecule is COC(=O)c1c(CBr)cc([N+](=O)[O-])cc1OC. The van der Waals surface area contributed by atoms with Gasteiger partial charge < -0.3 is 9.47 Å². The molecule has 0 amide bonds. The van der Waals surface area contributed by atoms with E-state index in [1.54, 1.807) is 0 Å². The van der Waals surface area contributed by atoms with E-state index in [1.165, 1.54) is 26.4 Å². The van der Waals surface area contributed by atoms with Crippen molar-refractivity contribution >= 4 is 27.6 Å². The number of carbonyl (C=O) groups is 1. The van der Waals surface area contributed by atoms with E-state index in [9.17, 15) is 14.9 Å². The monoisotopic (exact) mass is 303 g/mol. The first kappa shape index (κ1) is 13.4. The van der Waals surface area contributed by atoms with Crippen LogP contribution in [0.2, 0.25) is 0 Å². The van der Waals surface area contributed by atoms with Gasteiger partial charge in [-0.3, -0.25) is 10.1 Å². The summed E-state index contributed by atoms with van der Waals surface area (Å²) < 4.78 is 9.59. The van der Waals surface area contributed by atoms with Gasteiger partial charge in [0.15, 0.2) is 0 Å². The Bertz CT molecular complexity index is 435. The highest BCUT2D eigenvalue weighted by atomic mass is 79.9. The van der Waals surface area contributed by atoms with Crippen molar-refractivity contribution in [3.63, 3.8) is 0 Å². The standard InChI is InChI=1S/C10H10BrNO5/c1-16-8-4-7(12(14)15)3-6(5-11)9(8)10(13)17-2/h3-4H,5H2,1-2H3. The number of nitro groups is 1. The van der Waals surface area contributed by atoms with Gasteiger partial charge in [-0.1, -0.05) is 15.9 Å². The van der Waals surface area contributed by atoms with Crippen LogP contribution in [0, 0.1) is 10.1 Å². The summed E-state index contributed by atoms with van der Waals surface area (Å²) >= 11 is 3.17. The van der Waals surface area contributed by atoms with E-state index < -0.39 is 10.9 Å². The first-order chi connectivity index (χ1) is 8.04. The molecule has 0 saturated carbocycles. The van der Waals surface area contributed by atoms with Gasteiger partial charge in [-0.15, -0.1) is 0 Å². The fourth-order valence-corrected chi connectivity index (χ4v) is 1.80. The number of hydrogen-bond donors (Lipinski definition) is 0. The molecule has 1 aromatic rings. The minimum absolute atomic E-state index is 0.125. The van der Waals surface area contributed by atoms with E-state index in [1.807, 2.05) is 0 Å². The average molecular weight is 304 g/mol. The highest BCUT2D eigenvalue weighted by Gasteiger charge is 2.22. The quantitative estimate of drug-likeness (QED) is 0.369. The van der Waals surface area contributed by atoms with Gasteiger partial charge in [0.05, 0.1) is 25.2 Å². The molecule has 0 spiro atoms. The van der Waals surface area contributed by atoms with Crippen molar-refractivity contribution in [1.82, 2.24) is 0 Å². The zero-order chi connectivity index (χ0) is 13.0. The smallest absolute Gasteiger partial charge is 0.341 e. The number of hydrogen-bond acceptors (Lipinski definition) is 5. The second-order valence-corrected chi connectivity index (χ2v) is 3.63. The molecular weight excluding hydrogens is 294 g/mol. The fourth-order valence-electron chi connectivity index (χ4n) is 1.36. The van der Waals surface area contributed by atoms with Crippen molar-refractivity contribution in [2.75, 3.05) is 14.2 Å². The van der Waals surface area contributed by atoms with Crippen molar-refractivity contribution < 1.29 is 19.2 Å². The summed E-state index contributed by atoms with van der Waals surface area (Å²) in [5.41, 5.74) is 0.504. The third-order valence-electron chi connectivity index (χ3n) is 2.13. The molecular formula is C10H10BrNO5. The summed E-state index contributed by atoms with van der Waals surface area (Å²) in [6.45, 7) is 0. The van der Waals surface area contributed by atoms with E-state index in [4.69, 9.17) is 4.74 Å². The molecule has 6 nitrogen and oxygen atoms in total. The Labute approximate surface area is 106 Å². The summed E-state index contributed by atoms with van der Waals surface area (Å²) in [5, 5.41) is 11.0. The molecule has 0 aromatic heterocycles. The van der Waals surface area contributed by atoms with Gasteiger partial charge in [0.1, 0.15) is 11.3 Å². The molecule has 1 rings (SSSR count). The minimum Gasteiger partial charge on any atom is -0.496 e. The maximum Gasteiger partial charge on any atom is 0.341 e. The van der Waals surface area contributed by atoms with Crippen LogP contribution in [0.4, 0.5) is 5.69 Å². The molecule has 0 atom stereocenters. The number of methoxy groups -OCH3 is 2.